The Labute approximate surface area is 293 Å². The van der Waals surface area contributed by atoms with E-state index in [1.807, 2.05) is 27.7 Å². The molecule has 19 heteroatoms. The number of urea groups is 1. The third-order valence-corrected chi connectivity index (χ3v) is 5.87. The summed E-state index contributed by atoms with van der Waals surface area (Å²) in [6.07, 6.45) is -2.05. The van der Waals surface area contributed by atoms with Crippen LogP contribution in [0.1, 0.15) is 61.8 Å². The number of likely N-dealkylation sites (N-methyl/N-ethyl adjacent to an activating group) is 1. The Morgan fingerprint density at radius 2 is 1.44 bits per heavy atom. The molecule has 0 aliphatic rings. The molecule has 0 aromatic carbocycles. The van der Waals surface area contributed by atoms with E-state index in [9.17, 15) is 33.6 Å². The Bertz CT molecular complexity index is 1110. The molecule has 0 fully saturated rings. The number of carbonyl (C=O) groups excluding carboxylic acids is 7. The van der Waals surface area contributed by atoms with E-state index >= 15 is 0 Å². The number of hydrazine groups is 1. The molecule has 0 radical (unpaired) electrons. The highest BCUT2D eigenvalue weighted by Crippen LogP contribution is 2.07. The highest BCUT2D eigenvalue weighted by molar-refractivity contribution is 5.94. The summed E-state index contributed by atoms with van der Waals surface area (Å²) < 4.78 is 26.5. The fraction of sp³-hybridized carbons (Fsp3) is 0.774. The summed E-state index contributed by atoms with van der Waals surface area (Å²) in [4.78, 5) is 86.6. The first-order valence-corrected chi connectivity index (χ1v) is 16.3. The van der Waals surface area contributed by atoms with E-state index in [0.29, 0.717) is 0 Å². The molecule has 288 valence electrons. The minimum atomic E-state index is -1.52. The fourth-order valence-electron chi connectivity index (χ4n) is 3.57. The first-order chi connectivity index (χ1) is 23.2. The van der Waals surface area contributed by atoms with Crippen LogP contribution in [-0.4, -0.2) is 130 Å². The van der Waals surface area contributed by atoms with E-state index in [4.69, 9.17) is 29.4 Å². The summed E-state index contributed by atoms with van der Waals surface area (Å²) in [5.74, 6) is -3.89. The standard InChI is InChI=1S/C31H57N7O12/c1-19(2)16-48-21(5)26(36-24(40)18-47-13-12-46-11-10-33-30(45)50-31(6,7)8)27(42)37-38(9)28(43)22(14-23(32)39)35-29(44)34-15-25(41)49-17-20(3)4/h19-22,26H,10-18H2,1-9H3,(H2,32,39)(H,33,45)(H,36,40)(H,37,42)(H2,34,35,44)/t21?,22-,26-/m1/s1. The molecule has 1 unspecified atom stereocenters. The summed E-state index contributed by atoms with van der Waals surface area (Å²) >= 11 is 0. The molecule has 0 spiro atoms. The molecule has 0 saturated heterocycles. The van der Waals surface area contributed by atoms with Crippen LogP contribution in [0.2, 0.25) is 0 Å². The van der Waals surface area contributed by atoms with E-state index in [2.05, 4.69) is 26.7 Å². The maximum Gasteiger partial charge on any atom is 0.407 e. The van der Waals surface area contributed by atoms with Crippen LogP contribution >= 0.6 is 0 Å². The van der Waals surface area contributed by atoms with Crippen LogP contribution in [0.15, 0.2) is 0 Å². The molecule has 7 amide bonds. The van der Waals surface area contributed by atoms with Gasteiger partial charge in [-0.25, -0.2) is 9.59 Å². The monoisotopic (exact) mass is 719 g/mol. The number of ether oxygens (including phenoxy) is 5. The van der Waals surface area contributed by atoms with Crippen LogP contribution in [-0.2, 0) is 47.7 Å². The predicted octanol–water partition coefficient (Wildman–Crippen LogP) is -0.678. The fourth-order valence-corrected chi connectivity index (χ4v) is 3.57. The van der Waals surface area contributed by atoms with Gasteiger partial charge in [-0.1, -0.05) is 27.7 Å². The van der Waals surface area contributed by atoms with Gasteiger partial charge in [-0.2, -0.15) is 0 Å². The third-order valence-electron chi connectivity index (χ3n) is 5.87. The Morgan fingerprint density at radius 1 is 0.820 bits per heavy atom. The van der Waals surface area contributed by atoms with Gasteiger partial charge in [0.05, 0.1) is 39.0 Å². The van der Waals surface area contributed by atoms with Crippen LogP contribution in [0.25, 0.3) is 0 Å². The van der Waals surface area contributed by atoms with Crippen LogP contribution in [0.3, 0.4) is 0 Å². The lowest BCUT2D eigenvalue weighted by Crippen LogP contribution is -2.60. The number of carbonyl (C=O) groups is 7. The predicted molar refractivity (Wildman–Crippen MR) is 179 cm³/mol. The zero-order valence-corrected chi connectivity index (χ0v) is 30.7. The topological polar surface area (TPSA) is 255 Å². The van der Waals surface area contributed by atoms with Crippen molar-refractivity contribution in [3.8, 4) is 0 Å². The molecule has 7 N–H and O–H groups in total. The highest BCUT2D eigenvalue weighted by Gasteiger charge is 2.32. The number of nitrogens with two attached hydrogens (primary N) is 1. The lowest BCUT2D eigenvalue weighted by atomic mass is 10.1. The summed E-state index contributed by atoms with van der Waals surface area (Å²) in [7, 11) is 1.17. The second kappa shape index (κ2) is 24.0. The van der Waals surface area contributed by atoms with Crippen molar-refractivity contribution in [1.82, 2.24) is 31.7 Å². The third kappa shape index (κ3) is 23.2. The van der Waals surface area contributed by atoms with Crippen molar-refractivity contribution < 1.29 is 57.2 Å². The van der Waals surface area contributed by atoms with Gasteiger partial charge in [0.1, 0.15) is 30.8 Å². The smallest absolute Gasteiger partial charge is 0.407 e. The van der Waals surface area contributed by atoms with Crippen molar-refractivity contribution in [2.24, 2.45) is 17.6 Å². The van der Waals surface area contributed by atoms with Gasteiger partial charge in [0.2, 0.25) is 11.8 Å². The number of hydrogen-bond acceptors (Lipinski definition) is 12. The number of alkyl carbamates (subject to hydrolysis) is 1. The van der Waals surface area contributed by atoms with Gasteiger partial charge in [-0.05, 0) is 39.5 Å². The zero-order valence-electron chi connectivity index (χ0n) is 30.7. The van der Waals surface area contributed by atoms with Gasteiger partial charge in [0, 0.05) is 20.2 Å². The lowest BCUT2D eigenvalue weighted by molar-refractivity contribution is -0.145. The van der Waals surface area contributed by atoms with Crippen molar-refractivity contribution in [3.05, 3.63) is 0 Å². The van der Waals surface area contributed by atoms with Crippen molar-refractivity contribution >= 4 is 41.7 Å². The number of esters is 1. The van der Waals surface area contributed by atoms with Crippen molar-refractivity contribution in [2.75, 3.05) is 59.8 Å². The summed E-state index contributed by atoms with van der Waals surface area (Å²) in [6.45, 7) is 14.3. The molecule has 0 bridgehead atoms. The zero-order chi connectivity index (χ0) is 38.4. The van der Waals surface area contributed by atoms with Crippen LogP contribution < -0.4 is 32.4 Å². The normalized spacial score (nSPS) is 13.0. The molecule has 0 aliphatic carbocycles. The average Bonchev–Trinajstić information content (AvgIpc) is 2.99. The molecule has 0 aromatic heterocycles. The molecule has 0 saturated carbocycles. The van der Waals surface area contributed by atoms with Crippen molar-refractivity contribution in [2.45, 2.75) is 85.6 Å². The maximum absolute atomic E-state index is 13.3. The van der Waals surface area contributed by atoms with E-state index in [1.54, 1.807) is 27.7 Å². The largest absolute Gasteiger partial charge is 0.464 e. The van der Waals surface area contributed by atoms with E-state index in [-0.39, 0.29) is 51.4 Å². The molecule has 3 atom stereocenters. The number of nitrogens with zero attached hydrogens (tertiary/aromatic N) is 1. The SMILES string of the molecule is CC(C)COC(=O)CNC(=O)N[C@H](CC(N)=O)C(=O)N(C)NC(=O)[C@H](NC(=O)COCCOCCNC(=O)OC(C)(C)C)C(C)OCC(C)C. The minimum absolute atomic E-state index is 0.0360. The number of primary amides is 1. The van der Waals surface area contributed by atoms with Gasteiger partial charge < -0.3 is 50.7 Å². The summed E-state index contributed by atoms with van der Waals surface area (Å²) in [6, 6.07) is -3.77. The van der Waals surface area contributed by atoms with Gasteiger partial charge in [0.25, 0.3) is 11.8 Å². The number of amides is 7. The number of nitrogens with one attached hydrogen (secondary N) is 5. The highest BCUT2D eigenvalue weighted by atomic mass is 16.6. The van der Waals surface area contributed by atoms with E-state index in [0.717, 1.165) is 5.01 Å². The second-order valence-corrected chi connectivity index (χ2v) is 13.1. The van der Waals surface area contributed by atoms with Gasteiger partial charge in [-0.3, -0.25) is 34.4 Å². The second-order valence-electron chi connectivity index (χ2n) is 13.1. The van der Waals surface area contributed by atoms with Crippen LogP contribution in [0, 0.1) is 11.8 Å². The van der Waals surface area contributed by atoms with Crippen molar-refractivity contribution in [1.29, 1.82) is 0 Å². The van der Waals surface area contributed by atoms with Crippen LogP contribution in [0.5, 0.6) is 0 Å². The maximum atomic E-state index is 13.3. The molecule has 0 heterocycles. The molecule has 0 aliphatic heterocycles. The molecule has 0 aromatic rings. The Morgan fingerprint density at radius 3 is 2.02 bits per heavy atom. The Balaban J connectivity index is 5.15. The summed E-state index contributed by atoms with van der Waals surface area (Å²) in [5, 5.41) is 10.3. The van der Waals surface area contributed by atoms with E-state index in [1.165, 1.54) is 7.05 Å². The molecule has 50 heavy (non-hydrogen) atoms. The number of rotatable bonds is 22. The first kappa shape index (κ1) is 45.8. The molecular formula is C31H57N7O12. The Kier molecular flexibility index (Phi) is 22.0. The quantitative estimate of drug-likeness (QED) is 0.0463. The van der Waals surface area contributed by atoms with Gasteiger partial charge >= 0.3 is 18.1 Å². The molecule has 0 rings (SSSR count). The molecular weight excluding hydrogens is 662 g/mol. The average molecular weight is 720 g/mol. The van der Waals surface area contributed by atoms with E-state index < -0.39 is 85.1 Å². The Hall–Kier alpha value is -4.23. The van der Waals surface area contributed by atoms with Gasteiger partial charge in [-0.15, -0.1) is 0 Å². The van der Waals surface area contributed by atoms with Crippen molar-refractivity contribution in [3.63, 3.8) is 0 Å². The summed E-state index contributed by atoms with van der Waals surface area (Å²) in [5.41, 5.74) is 6.97. The lowest BCUT2D eigenvalue weighted by Gasteiger charge is -2.29. The minimum Gasteiger partial charge on any atom is -0.464 e. The number of hydrogen-bond donors (Lipinski definition) is 6. The first-order valence-electron chi connectivity index (χ1n) is 16.3. The van der Waals surface area contributed by atoms with Crippen LogP contribution in [0.4, 0.5) is 9.59 Å². The molecule has 19 nitrogen and oxygen atoms in total. The van der Waals surface area contributed by atoms with Gasteiger partial charge in [0.15, 0.2) is 0 Å².